The van der Waals surface area contributed by atoms with Crippen LogP contribution < -0.4 is 31.3 Å². The number of fused-ring (bicyclic) bond motifs is 1. The standard InChI is InChI=1S/C47H51ClN10O6S2/c1-31(49)46(59)53-32(2)47(60)50-21-20-36(29-65-38-9-4-3-5-10-38)54-42-19-17-39(27-44(42)58(61)62)66(63,64)55-45-41-18-16-37(26-43(41)51-30-52-45)57-24-22-56(23-25-57)28-34-8-6-7-11-40(34)33-12-14-35(48)15-13-33/h3-19,26-27,30-32,36,54H,20-25,28-29,49H2,1-2H3,(H,50,60)(H,53,59)(H,51,52,55). The maximum Gasteiger partial charge on any atom is 0.293 e. The van der Waals surface area contributed by atoms with Crippen molar-refractivity contribution in [2.75, 3.05) is 53.4 Å². The van der Waals surface area contributed by atoms with Crippen LogP contribution in [0.5, 0.6) is 0 Å². The number of nitro benzene ring substituents is 1. The molecule has 1 fully saturated rings. The Morgan fingerprint density at radius 2 is 1.62 bits per heavy atom. The molecule has 6 aromatic rings. The van der Waals surface area contributed by atoms with Gasteiger partial charge >= 0.3 is 0 Å². The lowest BCUT2D eigenvalue weighted by molar-refractivity contribution is -0.384. The number of hydrogen-bond acceptors (Lipinski definition) is 13. The Hall–Kier alpha value is -6.31. The van der Waals surface area contributed by atoms with E-state index in [1.807, 2.05) is 72.8 Å². The Kier molecular flexibility index (Phi) is 15.7. The molecule has 0 aliphatic carbocycles. The minimum absolute atomic E-state index is 0.0343. The third-order valence-corrected chi connectivity index (χ3v) is 13.9. The minimum Gasteiger partial charge on any atom is -0.376 e. The van der Waals surface area contributed by atoms with Gasteiger partial charge in [0.2, 0.25) is 11.8 Å². The van der Waals surface area contributed by atoms with Gasteiger partial charge < -0.3 is 26.6 Å². The molecule has 19 heteroatoms. The molecule has 344 valence electrons. The van der Waals surface area contributed by atoms with Gasteiger partial charge in [-0.15, -0.1) is 11.8 Å². The average molecular weight is 952 g/mol. The summed E-state index contributed by atoms with van der Waals surface area (Å²) in [5.74, 6) is -0.390. The monoisotopic (exact) mass is 950 g/mol. The molecule has 1 saturated heterocycles. The van der Waals surface area contributed by atoms with E-state index in [0.717, 1.165) is 54.9 Å². The van der Waals surface area contributed by atoms with Crippen LogP contribution in [0.1, 0.15) is 25.8 Å². The molecule has 16 nitrogen and oxygen atoms in total. The number of thioether (sulfide) groups is 1. The Morgan fingerprint density at radius 1 is 0.894 bits per heavy atom. The first-order valence-electron chi connectivity index (χ1n) is 21.4. The summed E-state index contributed by atoms with van der Waals surface area (Å²) in [6.45, 7) is 7.28. The molecule has 1 aliphatic rings. The molecule has 0 bridgehead atoms. The first kappa shape index (κ1) is 47.6. The fourth-order valence-corrected chi connectivity index (χ4v) is 9.67. The summed E-state index contributed by atoms with van der Waals surface area (Å²) in [5.41, 5.74) is 10.3. The summed E-state index contributed by atoms with van der Waals surface area (Å²) in [6, 6.07) is 33.1. The Labute approximate surface area is 392 Å². The Morgan fingerprint density at radius 3 is 2.35 bits per heavy atom. The number of nitrogens with zero attached hydrogens (tertiary/aromatic N) is 5. The summed E-state index contributed by atoms with van der Waals surface area (Å²) in [6.07, 6.45) is 1.63. The van der Waals surface area contributed by atoms with Gasteiger partial charge in [0.25, 0.3) is 15.7 Å². The van der Waals surface area contributed by atoms with Gasteiger partial charge in [-0.2, -0.15) is 0 Å². The maximum atomic E-state index is 13.9. The SMILES string of the molecule is CC(N)C(=O)NC(C)C(=O)NCCC(CSc1ccccc1)Nc1ccc(S(=O)(=O)Nc2ncnc3cc(N4CCN(Cc5ccccc5-c5ccc(Cl)cc5)CC4)ccc23)cc1[N+](=O)[O-]. The molecule has 1 aliphatic heterocycles. The fraction of sp³-hybridized carbons (Fsp3) is 0.277. The van der Waals surface area contributed by atoms with Crippen molar-refractivity contribution >= 4 is 79.0 Å². The van der Waals surface area contributed by atoms with E-state index in [1.54, 1.807) is 13.0 Å². The van der Waals surface area contributed by atoms with Gasteiger partial charge in [0, 0.05) is 78.1 Å². The van der Waals surface area contributed by atoms with E-state index in [1.165, 1.54) is 48.3 Å². The van der Waals surface area contributed by atoms with Gasteiger partial charge in [0.05, 0.1) is 21.4 Å². The van der Waals surface area contributed by atoms with E-state index in [4.69, 9.17) is 17.3 Å². The zero-order valence-corrected chi connectivity index (χ0v) is 38.8. The highest BCUT2D eigenvalue weighted by Crippen LogP contribution is 2.33. The molecule has 6 N–H and O–H groups in total. The zero-order chi connectivity index (χ0) is 46.8. The van der Waals surface area contributed by atoms with Crippen molar-refractivity contribution in [3.8, 4) is 11.1 Å². The lowest BCUT2D eigenvalue weighted by Crippen LogP contribution is -2.49. The molecular weight excluding hydrogens is 900 g/mol. The number of hydrogen-bond donors (Lipinski definition) is 5. The number of halogens is 1. The van der Waals surface area contributed by atoms with E-state index < -0.39 is 50.6 Å². The third kappa shape index (κ3) is 12.3. The molecular formula is C47H51ClN10O6S2. The zero-order valence-electron chi connectivity index (χ0n) is 36.4. The fourth-order valence-electron chi connectivity index (χ4n) is 7.50. The van der Waals surface area contributed by atoms with Crippen LogP contribution in [0.15, 0.2) is 131 Å². The molecule has 0 spiro atoms. The molecule has 66 heavy (non-hydrogen) atoms. The Balaban J connectivity index is 1.01. The molecule has 0 saturated carbocycles. The number of nitrogens with two attached hydrogens (primary N) is 1. The molecule has 5 aromatic carbocycles. The smallest absolute Gasteiger partial charge is 0.293 e. The normalized spacial score (nSPS) is 14.5. The number of sulfonamides is 1. The van der Waals surface area contributed by atoms with E-state index >= 15 is 0 Å². The van der Waals surface area contributed by atoms with E-state index in [-0.39, 0.29) is 22.9 Å². The van der Waals surface area contributed by atoms with Gasteiger partial charge in [-0.25, -0.2) is 18.4 Å². The van der Waals surface area contributed by atoms with Crippen LogP contribution >= 0.6 is 23.4 Å². The number of anilines is 3. The largest absolute Gasteiger partial charge is 0.376 e. The van der Waals surface area contributed by atoms with Gasteiger partial charge in [-0.05, 0) is 91.6 Å². The lowest BCUT2D eigenvalue weighted by Gasteiger charge is -2.36. The molecule has 2 amide bonds. The number of piperazine rings is 1. The van der Waals surface area contributed by atoms with Crippen molar-refractivity contribution < 1.29 is 22.9 Å². The van der Waals surface area contributed by atoms with Crippen molar-refractivity contribution in [3.05, 3.63) is 142 Å². The van der Waals surface area contributed by atoms with Crippen molar-refractivity contribution in [1.29, 1.82) is 0 Å². The van der Waals surface area contributed by atoms with Crippen molar-refractivity contribution in [3.63, 3.8) is 0 Å². The van der Waals surface area contributed by atoms with Gasteiger partial charge in [-0.3, -0.25) is 29.3 Å². The highest BCUT2D eigenvalue weighted by molar-refractivity contribution is 7.99. The van der Waals surface area contributed by atoms with Crippen LogP contribution in [0.25, 0.3) is 22.0 Å². The summed E-state index contributed by atoms with van der Waals surface area (Å²) < 4.78 is 30.2. The summed E-state index contributed by atoms with van der Waals surface area (Å²) in [4.78, 5) is 50.6. The quantitative estimate of drug-likeness (QED) is 0.0317. The summed E-state index contributed by atoms with van der Waals surface area (Å²) in [7, 11) is -4.37. The second kappa shape index (κ2) is 21.8. The van der Waals surface area contributed by atoms with Gasteiger partial charge in [-0.1, -0.05) is 66.2 Å². The first-order valence-corrected chi connectivity index (χ1v) is 24.2. The predicted molar refractivity (Wildman–Crippen MR) is 261 cm³/mol. The number of nitrogens with one attached hydrogen (secondary N) is 4. The number of benzene rings is 5. The number of rotatable bonds is 19. The third-order valence-electron chi connectivity index (χ3n) is 11.1. The highest BCUT2D eigenvalue weighted by Gasteiger charge is 2.26. The summed E-state index contributed by atoms with van der Waals surface area (Å²) in [5, 5.41) is 22.2. The maximum absolute atomic E-state index is 13.9. The minimum atomic E-state index is -4.37. The van der Waals surface area contributed by atoms with Crippen molar-refractivity contribution in [1.82, 2.24) is 25.5 Å². The topological polar surface area (TPSA) is 218 Å². The first-order chi connectivity index (χ1) is 31.7. The van der Waals surface area contributed by atoms with Gasteiger partial charge in [0.15, 0.2) is 5.82 Å². The molecule has 0 radical (unpaired) electrons. The van der Waals surface area contributed by atoms with E-state index in [2.05, 4.69) is 58.6 Å². The van der Waals surface area contributed by atoms with Crippen molar-refractivity contribution in [2.24, 2.45) is 5.73 Å². The number of carbonyl (C=O) groups excluding carboxylic acids is 2. The van der Waals surface area contributed by atoms with Crippen molar-refractivity contribution in [2.45, 2.75) is 54.7 Å². The second-order valence-corrected chi connectivity index (χ2v) is 19.2. The van der Waals surface area contributed by atoms with Crippen LogP contribution in [0, 0.1) is 10.1 Å². The molecule has 3 atom stereocenters. The van der Waals surface area contributed by atoms with Crippen LogP contribution in [0.2, 0.25) is 5.02 Å². The molecule has 7 rings (SSSR count). The molecule has 2 heterocycles. The number of amides is 2. The lowest BCUT2D eigenvalue weighted by atomic mass is 9.99. The van der Waals surface area contributed by atoms with E-state index in [9.17, 15) is 28.1 Å². The summed E-state index contributed by atoms with van der Waals surface area (Å²) >= 11 is 7.66. The van der Waals surface area contributed by atoms with Crippen LogP contribution in [-0.4, -0.2) is 96.6 Å². The van der Waals surface area contributed by atoms with Crippen LogP contribution in [0.3, 0.4) is 0 Å². The number of nitro groups is 1. The van der Waals surface area contributed by atoms with Crippen LogP contribution in [-0.2, 0) is 26.2 Å². The van der Waals surface area contributed by atoms with Gasteiger partial charge in [0.1, 0.15) is 18.1 Å². The number of carbonyl (C=O) groups is 2. The van der Waals surface area contributed by atoms with Crippen LogP contribution in [0.4, 0.5) is 22.9 Å². The second-order valence-electron chi connectivity index (χ2n) is 16.0. The van der Waals surface area contributed by atoms with E-state index in [0.29, 0.717) is 28.1 Å². The average Bonchev–Trinajstić information content (AvgIpc) is 3.31. The predicted octanol–water partition coefficient (Wildman–Crippen LogP) is 6.91. The highest BCUT2D eigenvalue weighted by atomic mass is 35.5. The molecule has 1 aromatic heterocycles. The Bertz CT molecular complexity index is 2780. The molecule has 3 unspecified atom stereocenters. The number of aromatic nitrogens is 2.